The Bertz CT molecular complexity index is 413. The highest BCUT2D eigenvalue weighted by molar-refractivity contribution is 5.55. The molecule has 0 spiro atoms. The zero-order chi connectivity index (χ0) is 12.5. The van der Waals surface area contributed by atoms with Gasteiger partial charge in [0.1, 0.15) is 0 Å². The summed E-state index contributed by atoms with van der Waals surface area (Å²) in [5, 5.41) is 0. The molecule has 4 nitrogen and oxygen atoms in total. The fourth-order valence-electron chi connectivity index (χ4n) is 2.17. The van der Waals surface area contributed by atoms with Gasteiger partial charge in [-0.25, -0.2) is 0 Å². The number of benzene rings is 1. The van der Waals surface area contributed by atoms with Gasteiger partial charge in [0, 0.05) is 18.2 Å². The molecule has 0 heterocycles. The molecule has 0 aliphatic heterocycles. The first kappa shape index (κ1) is 12.2. The van der Waals surface area contributed by atoms with Crippen LogP contribution in [0.3, 0.4) is 0 Å². The third-order valence-electron chi connectivity index (χ3n) is 3.22. The lowest BCUT2D eigenvalue weighted by Crippen LogP contribution is -2.22. The number of rotatable bonds is 5. The molecule has 0 saturated heterocycles. The van der Waals surface area contributed by atoms with Gasteiger partial charge in [-0.2, -0.15) is 0 Å². The summed E-state index contributed by atoms with van der Waals surface area (Å²) in [5.41, 5.74) is 8.14. The second-order valence-electron chi connectivity index (χ2n) is 4.42. The topological polar surface area (TPSA) is 53.7 Å². The number of hydrogen-bond donors (Lipinski definition) is 1. The molecular weight excluding hydrogens is 218 g/mol. The molecule has 1 saturated carbocycles. The summed E-state index contributed by atoms with van der Waals surface area (Å²) in [5.74, 6) is 1.46. The van der Waals surface area contributed by atoms with Gasteiger partial charge >= 0.3 is 0 Å². The third kappa shape index (κ3) is 2.10. The first-order valence-corrected chi connectivity index (χ1v) is 5.68. The molecule has 94 valence electrons. The van der Waals surface area contributed by atoms with E-state index in [1.807, 2.05) is 12.1 Å². The van der Waals surface area contributed by atoms with Crippen LogP contribution in [0.25, 0.3) is 0 Å². The van der Waals surface area contributed by atoms with Gasteiger partial charge < -0.3 is 19.9 Å². The molecule has 0 aromatic heterocycles. The van der Waals surface area contributed by atoms with Crippen molar-refractivity contribution in [2.24, 2.45) is 5.73 Å². The quantitative estimate of drug-likeness (QED) is 0.848. The van der Waals surface area contributed by atoms with E-state index in [0.29, 0.717) is 6.61 Å². The van der Waals surface area contributed by atoms with Crippen LogP contribution < -0.4 is 15.2 Å². The van der Waals surface area contributed by atoms with Crippen LogP contribution in [0, 0.1) is 0 Å². The van der Waals surface area contributed by atoms with E-state index >= 15 is 0 Å². The van der Waals surface area contributed by atoms with Gasteiger partial charge in [-0.3, -0.25) is 0 Å². The van der Waals surface area contributed by atoms with E-state index in [2.05, 4.69) is 0 Å². The third-order valence-corrected chi connectivity index (χ3v) is 3.22. The van der Waals surface area contributed by atoms with Crippen LogP contribution in [0.1, 0.15) is 24.0 Å². The van der Waals surface area contributed by atoms with Gasteiger partial charge in [-0.15, -0.1) is 0 Å². The molecule has 1 fully saturated rings. The predicted molar refractivity (Wildman–Crippen MR) is 65.4 cm³/mol. The number of nitrogens with two attached hydrogens (primary N) is 1. The standard InChI is InChI=1S/C13H19NO3/c1-15-8-9-4-5-10(16-2)12(17-3)11(9)13(14)6-7-13/h4-5H,6-8,14H2,1-3H3. The Hall–Kier alpha value is -1.26. The molecule has 1 aromatic carbocycles. The molecule has 0 bridgehead atoms. The van der Waals surface area contributed by atoms with Gasteiger partial charge in [-0.1, -0.05) is 6.07 Å². The maximum Gasteiger partial charge on any atom is 0.166 e. The summed E-state index contributed by atoms with van der Waals surface area (Å²) < 4.78 is 16.0. The van der Waals surface area contributed by atoms with Crippen LogP contribution in [0.4, 0.5) is 0 Å². The van der Waals surface area contributed by atoms with Crippen molar-refractivity contribution in [1.29, 1.82) is 0 Å². The van der Waals surface area contributed by atoms with Crippen LogP contribution in [0.2, 0.25) is 0 Å². The van der Waals surface area contributed by atoms with Crippen molar-refractivity contribution in [2.75, 3.05) is 21.3 Å². The smallest absolute Gasteiger partial charge is 0.166 e. The van der Waals surface area contributed by atoms with Crippen molar-refractivity contribution in [3.63, 3.8) is 0 Å². The molecule has 1 aliphatic carbocycles. The zero-order valence-corrected chi connectivity index (χ0v) is 10.6. The summed E-state index contributed by atoms with van der Waals surface area (Å²) in [6.45, 7) is 0.536. The van der Waals surface area contributed by atoms with E-state index in [4.69, 9.17) is 19.9 Å². The highest BCUT2D eigenvalue weighted by Crippen LogP contribution is 2.50. The Morgan fingerprint density at radius 3 is 2.35 bits per heavy atom. The molecule has 1 aromatic rings. The van der Waals surface area contributed by atoms with Crippen molar-refractivity contribution in [1.82, 2.24) is 0 Å². The molecule has 0 unspecified atom stereocenters. The Balaban J connectivity index is 2.55. The average Bonchev–Trinajstić information content (AvgIpc) is 3.07. The minimum Gasteiger partial charge on any atom is -0.493 e. The van der Waals surface area contributed by atoms with E-state index in [1.165, 1.54) is 0 Å². The van der Waals surface area contributed by atoms with Gasteiger partial charge in [0.25, 0.3) is 0 Å². The fraction of sp³-hybridized carbons (Fsp3) is 0.538. The lowest BCUT2D eigenvalue weighted by molar-refractivity contribution is 0.183. The second-order valence-corrected chi connectivity index (χ2v) is 4.42. The predicted octanol–water partition coefficient (Wildman–Crippen LogP) is 1.80. The zero-order valence-electron chi connectivity index (χ0n) is 10.6. The Labute approximate surface area is 102 Å². The Kier molecular flexibility index (Phi) is 3.26. The molecule has 4 heteroatoms. The normalized spacial score (nSPS) is 16.7. The van der Waals surface area contributed by atoms with E-state index < -0.39 is 0 Å². The van der Waals surface area contributed by atoms with Crippen molar-refractivity contribution >= 4 is 0 Å². The first-order chi connectivity index (χ1) is 8.16. The van der Waals surface area contributed by atoms with E-state index in [0.717, 1.165) is 35.5 Å². The summed E-state index contributed by atoms with van der Waals surface area (Å²) in [4.78, 5) is 0. The minimum atomic E-state index is -0.270. The Morgan fingerprint density at radius 2 is 1.88 bits per heavy atom. The summed E-state index contributed by atoms with van der Waals surface area (Å²) in [6, 6.07) is 3.88. The maximum atomic E-state index is 6.31. The molecule has 2 N–H and O–H groups in total. The van der Waals surface area contributed by atoms with E-state index in [1.54, 1.807) is 21.3 Å². The number of ether oxygens (including phenoxy) is 3. The van der Waals surface area contributed by atoms with Crippen molar-refractivity contribution in [3.8, 4) is 11.5 Å². The van der Waals surface area contributed by atoms with Crippen LogP contribution >= 0.6 is 0 Å². The molecule has 0 amide bonds. The minimum absolute atomic E-state index is 0.270. The molecule has 1 aliphatic rings. The lowest BCUT2D eigenvalue weighted by atomic mass is 9.97. The van der Waals surface area contributed by atoms with Crippen LogP contribution in [0.5, 0.6) is 11.5 Å². The average molecular weight is 237 g/mol. The van der Waals surface area contributed by atoms with Gasteiger partial charge in [0.05, 0.1) is 20.8 Å². The molecule has 2 rings (SSSR count). The van der Waals surface area contributed by atoms with Crippen LogP contribution in [-0.2, 0) is 16.9 Å². The molecular formula is C13H19NO3. The number of hydrogen-bond acceptors (Lipinski definition) is 4. The van der Waals surface area contributed by atoms with Crippen molar-refractivity contribution in [3.05, 3.63) is 23.3 Å². The van der Waals surface area contributed by atoms with Crippen LogP contribution in [-0.4, -0.2) is 21.3 Å². The second kappa shape index (κ2) is 4.55. The summed E-state index contributed by atoms with van der Waals surface area (Å²) >= 11 is 0. The Morgan fingerprint density at radius 1 is 1.18 bits per heavy atom. The number of methoxy groups -OCH3 is 3. The highest BCUT2D eigenvalue weighted by Gasteiger charge is 2.44. The first-order valence-electron chi connectivity index (χ1n) is 5.68. The highest BCUT2D eigenvalue weighted by atomic mass is 16.5. The maximum absolute atomic E-state index is 6.31. The van der Waals surface area contributed by atoms with Gasteiger partial charge in [0.2, 0.25) is 0 Å². The summed E-state index contributed by atoms with van der Waals surface area (Å²) in [6.07, 6.45) is 1.96. The van der Waals surface area contributed by atoms with Crippen molar-refractivity contribution in [2.45, 2.75) is 25.0 Å². The molecule has 17 heavy (non-hydrogen) atoms. The molecule has 0 radical (unpaired) electrons. The fourth-order valence-corrected chi connectivity index (χ4v) is 2.17. The van der Waals surface area contributed by atoms with Gasteiger partial charge in [0.15, 0.2) is 11.5 Å². The lowest BCUT2D eigenvalue weighted by Gasteiger charge is -2.20. The van der Waals surface area contributed by atoms with Crippen molar-refractivity contribution < 1.29 is 14.2 Å². The SMILES string of the molecule is COCc1ccc(OC)c(OC)c1C1(N)CC1. The largest absolute Gasteiger partial charge is 0.493 e. The van der Waals surface area contributed by atoms with Gasteiger partial charge in [-0.05, 0) is 24.5 Å². The van der Waals surface area contributed by atoms with Crippen LogP contribution in [0.15, 0.2) is 12.1 Å². The van der Waals surface area contributed by atoms with E-state index in [-0.39, 0.29) is 5.54 Å². The summed E-state index contributed by atoms with van der Waals surface area (Å²) in [7, 11) is 4.95. The molecule has 0 atom stereocenters. The monoisotopic (exact) mass is 237 g/mol. The van der Waals surface area contributed by atoms with E-state index in [9.17, 15) is 0 Å².